The van der Waals surface area contributed by atoms with E-state index >= 15 is 0 Å². The fraction of sp³-hybridized carbons (Fsp3) is 0.786. The van der Waals surface area contributed by atoms with Crippen LogP contribution in [0.3, 0.4) is 0 Å². The summed E-state index contributed by atoms with van der Waals surface area (Å²) in [6.45, 7) is 9.61. The third-order valence-corrected chi connectivity index (χ3v) is 3.89. The Morgan fingerprint density at radius 1 is 1.25 bits per heavy atom. The smallest absolute Gasteiger partial charge is 0.245 e. The summed E-state index contributed by atoms with van der Waals surface area (Å²) in [5.41, 5.74) is 0. The molecule has 1 rings (SSSR count). The van der Waals surface area contributed by atoms with Gasteiger partial charge in [-0.25, -0.2) is 0 Å². The second kappa shape index (κ2) is 6.72. The molecule has 0 spiro atoms. The summed E-state index contributed by atoms with van der Waals surface area (Å²) < 4.78 is 0. The van der Waals surface area contributed by atoms with Gasteiger partial charge in [0.25, 0.3) is 0 Å². The average Bonchev–Trinajstić information content (AvgIpc) is 2.35. The minimum Gasteiger partial charge on any atom is -0.339 e. The molecule has 0 N–H and O–H groups in total. The van der Waals surface area contributed by atoms with Crippen molar-refractivity contribution in [2.75, 3.05) is 13.1 Å². The van der Waals surface area contributed by atoms with Gasteiger partial charge in [-0.1, -0.05) is 32.8 Å². The number of hydrogen-bond acceptors (Lipinski definition) is 1. The van der Waals surface area contributed by atoms with E-state index in [2.05, 4.69) is 13.5 Å². The van der Waals surface area contributed by atoms with E-state index in [1.165, 1.54) is 38.2 Å². The van der Waals surface area contributed by atoms with Gasteiger partial charge in [0.05, 0.1) is 0 Å². The molecule has 2 heteroatoms. The first-order chi connectivity index (χ1) is 7.71. The quantitative estimate of drug-likeness (QED) is 0.655. The minimum absolute atomic E-state index is 0.0834. The first-order valence-corrected chi connectivity index (χ1v) is 6.62. The second-order valence-electron chi connectivity index (χ2n) is 4.88. The van der Waals surface area contributed by atoms with Crippen LogP contribution in [0.5, 0.6) is 0 Å². The van der Waals surface area contributed by atoms with E-state index < -0.39 is 0 Å². The Hall–Kier alpha value is -0.790. The van der Waals surface area contributed by atoms with Gasteiger partial charge in [-0.15, -0.1) is 0 Å². The van der Waals surface area contributed by atoms with Crippen molar-refractivity contribution in [2.45, 2.75) is 46.0 Å². The lowest BCUT2D eigenvalue weighted by atomic mass is 9.80. The Balaban J connectivity index is 2.36. The number of hydrogen-bond donors (Lipinski definition) is 0. The van der Waals surface area contributed by atoms with E-state index in [-0.39, 0.29) is 5.91 Å². The molecular weight excluding hydrogens is 198 g/mol. The average molecular weight is 223 g/mol. The molecule has 2 nitrogen and oxygen atoms in total. The van der Waals surface area contributed by atoms with Crippen molar-refractivity contribution < 1.29 is 4.79 Å². The number of carbonyl (C=O) groups is 1. The predicted octanol–water partition coefficient (Wildman–Crippen LogP) is 3.24. The monoisotopic (exact) mass is 223 g/mol. The van der Waals surface area contributed by atoms with Crippen molar-refractivity contribution in [3.63, 3.8) is 0 Å². The highest BCUT2D eigenvalue weighted by atomic mass is 16.2. The van der Waals surface area contributed by atoms with Crippen molar-refractivity contribution in [3.05, 3.63) is 12.7 Å². The molecule has 0 aromatic rings. The first-order valence-electron chi connectivity index (χ1n) is 6.62. The van der Waals surface area contributed by atoms with Gasteiger partial charge in [-0.05, 0) is 37.7 Å². The van der Waals surface area contributed by atoms with Gasteiger partial charge in [0, 0.05) is 13.1 Å². The van der Waals surface area contributed by atoms with Gasteiger partial charge >= 0.3 is 0 Å². The molecule has 1 saturated carbocycles. The van der Waals surface area contributed by atoms with E-state index in [0.29, 0.717) is 5.92 Å². The van der Waals surface area contributed by atoms with E-state index in [9.17, 15) is 4.79 Å². The van der Waals surface area contributed by atoms with Crippen LogP contribution in [0.25, 0.3) is 0 Å². The summed E-state index contributed by atoms with van der Waals surface area (Å²) in [5, 5.41) is 0. The van der Waals surface area contributed by atoms with Crippen LogP contribution >= 0.6 is 0 Å². The lowest BCUT2D eigenvalue weighted by Crippen LogP contribution is -2.35. The molecule has 1 fully saturated rings. The van der Waals surface area contributed by atoms with Crippen LogP contribution in [0.4, 0.5) is 0 Å². The molecule has 0 bridgehead atoms. The highest BCUT2D eigenvalue weighted by Crippen LogP contribution is 2.30. The Labute approximate surface area is 99.7 Å². The number of nitrogens with zero attached hydrogens (tertiary/aromatic N) is 1. The van der Waals surface area contributed by atoms with Crippen molar-refractivity contribution in [1.82, 2.24) is 4.90 Å². The van der Waals surface area contributed by atoms with Crippen molar-refractivity contribution >= 4 is 5.91 Å². The van der Waals surface area contributed by atoms with Gasteiger partial charge < -0.3 is 4.90 Å². The lowest BCUT2D eigenvalue weighted by molar-refractivity contribution is -0.126. The van der Waals surface area contributed by atoms with E-state index in [1.807, 2.05) is 11.8 Å². The Kier molecular flexibility index (Phi) is 5.58. The predicted molar refractivity (Wildman–Crippen MR) is 68.2 cm³/mol. The zero-order valence-electron chi connectivity index (χ0n) is 10.7. The van der Waals surface area contributed by atoms with Crippen molar-refractivity contribution in [2.24, 2.45) is 11.8 Å². The zero-order chi connectivity index (χ0) is 12.0. The number of carbonyl (C=O) groups excluding carboxylic acids is 1. The second-order valence-corrected chi connectivity index (χ2v) is 4.88. The fourth-order valence-electron chi connectivity index (χ4n) is 2.64. The molecule has 0 heterocycles. The molecule has 0 saturated heterocycles. The Morgan fingerprint density at radius 3 is 2.25 bits per heavy atom. The molecule has 92 valence electrons. The van der Waals surface area contributed by atoms with E-state index in [1.54, 1.807) is 0 Å². The highest BCUT2D eigenvalue weighted by molar-refractivity contribution is 5.86. The number of rotatable bonds is 5. The maximum Gasteiger partial charge on any atom is 0.245 e. The summed E-state index contributed by atoms with van der Waals surface area (Å²) >= 11 is 0. The molecule has 0 unspecified atom stereocenters. The summed E-state index contributed by atoms with van der Waals surface area (Å²) in [7, 11) is 0. The fourth-order valence-corrected chi connectivity index (χ4v) is 2.64. The van der Waals surface area contributed by atoms with E-state index in [4.69, 9.17) is 0 Å². The summed E-state index contributed by atoms with van der Waals surface area (Å²) in [6, 6.07) is 0. The van der Waals surface area contributed by atoms with Crippen LogP contribution in [0.1, 0.15) is 46.0 Å². The van der Waals surface area contributed by atoms with Crippen molar-refractivity contribution in [3.8, 4) is 0 Å². The number of likely N-dealkylation sites (N-methyl/N-ethyl adjacent to an activating group) is 1. The molecule has 0 radical (unpaired) electrons. The standard InChI is InChI=1S/C14H25NO/c1-4-12-7-9-13(10-8-12)11-15(6-3)14(16)5-2/h5,12-13H,2,4,6-11H2,1,3H3. The van der Waals surface area contributed by atoms with Crippen LogP contribution < -0.4 is 0 Å². The summed E-state index contributed by atoms with van der Waals surface area (Å²) in [5.74, 6) is 1.73. The van der Waals surface area contributed by atoms with Crippen LogP contribution in [0.15, 0.2) is 12.7 Å². The largest absolute Gasteiger partial charge is 0.339 e. The third kappa shape index (κ3) is 3.66. The van der Waals surface area contributed by atoms with Gasteiger partial charge in [0.2, 0.25) is 5.91 Å². The maximum absolute atomic E-state index is 11.5. The van der Waals surface area contributed by atoms with Crippen LogP contribution in [0.2, 0.25) is 0 Å². The van der Waals surface area contributed by atoms with E-state index in [0.717, 1.165) is 19.0 Å². The molecule has 0 atom stereocenters. The third-order valence-electron chi connectivity index (χ3n) is 3.89. The molecule has 0 aliphatic heterocycles. The molecule has 0 aromatic heterocycles. The normalized spacial score (nSPS) is 25.1. The topological polar surface area (TPSA) is 20.3 Å². The lowest BCUT2D eigenvalue weighted by Gasteiger charge is -2.31. The molecule has 1 aliphatic carbocycles. The summed E-state index contributed by atoms with van der Waals surface area (Å²) in [6.07, 6.45) is 8.03. The molecule has 1 aliphatic rings. The Morgan fingerprint density at radius 2 is 1.81 bits per heavy atom. The maximum atomic E-state index is 11.5. The van der Waals surface area contributed by atoms with Gasteiger partial charge in [0.15, 0.2) is 0 Å². The number of amides is 1. The van der Waals surface area contributed by atoms with Crippen LogP contribution in [0, 0.1) is 11.8 Å². The molecule has 16 heavy (non-hydrogen) atoms. The highest BCUT2D eigenvalue weighted by Gasteiger charge is 2.22. The SMILES string of the molecule is C=CC(=O)N(CC)CC1CCC(CC)CC1. The Bertz CT molecular complexity index is 229. The molecule has 1 amide bonds. The van der Waals surface area contributed by atoms with Gasteiger partial charge in [-0.3, -0.25) is 4.79 Å². The molecule has 0 aromatic carbocycles. The minimum atomic E-state index is 0.0834. The van der Waals surface area contributed by atoms with Crippen LogP contribution in [-0.2, 0) is 4.79 Å². The van der Waals surface area contributed by atoms with Crippen molar-refractivity contribution in [1.29, 1.82) is 0 Å². The van der Waals surface area contributed by atoms with Crippen LogP contribution in [-0.4, -0.2) is 23.9 Å². The molecular formula is C14H25NO. The first kappa shape index (κ1) is 13.3. The van der Waals surface area contributed by atoms with Gasteiger partial charge in [0.1, 0.15) is 0 Å². The zero-order valence-corrected chi connectivity index (χ0v) is 10.7. The van der Waals surface area contributed by atoms with Gasteiger partial charge in [-0.2, -0.15) is 0 Å². The summed E-state index contributed by atoms with van der Waals surface area (Å²) in [4.78, 5) is 13.5.